The number of nitrogens with one attached hydrogen (secondary N) is 1. The number of carbonyl (C=O) groups excluding carboxylic acids is 1. The Bertz CT molecular complexity index is 774. The summed E-state index contributed by atoms with van der Waals surface area (Å²) in [6.07, 6.45) is 6.08. The minimum Gasteiger partial charge on any atom is -0.375 e. The Morgan fingerprint density at radius 2 is 2.19 bits per heavy atom. The summed E-state index contributed by atoms with van der Waals surface area (Å²) in [6, 6.07) is 10.5. The Labute approximate surface area is 160 Å². The molecule has 2 amide bonds. The lowest BCUT2D eigenvalue weighted by atomic mass is 9.93. The second-order valence-corrected chi connectivity index (χ2v) is 7.43. The Morgan fingerprint density at radius 3 is 3.00 bits per heavy atom. The number of morpholine rings is 1. The predicted octanol–water partition coefficient (Wildman–Crippen LogP) is 3.13. The maximum atomic E-state index is 12.8. The number of rotatable bonds is 4. The summed E-state index contributed by atoms with van der Waals surface area (Å²) in [5, 5.41) is 7.86. The van der Waals surface area contributed by atoms with Gasteiger partial charge in [0.25, 0.3) is 0 Å². The molecule has 27 heavy (non-hydrogen) atoms. The van der Waals surface area contributed by atoms with Gasteiger partial charge in [-0.1, -0.05) is 37.3 Å². The molecule has 2 aromatic rings. The van der Waals surface area contributed by atoms with E-state index in [0.717, 1.165) is 32.2 Å². The fraction of sp³-hybridized carbons (Fsp3) is 0.524. The number of aromatic nitrogens is 2. The third-order valence-electron chi connectivity index (χ3n) is 5.62. The predicted molar refractivity (Wildman–Crippen MR) is 104 cm³/mol. The van der Waals surface area contributed by atoms with Gasteiger partial charge in [0.15, 0.2) is 0 Å². The number of nitrogens with zero attached hydrogens (tertiary/aromatic N) is 3. The first-order chi connectivity index (χ1) is 13.2. The van der Waals surface area contributed by atoms with Crippen molar-refractivity contribution in [1.29, 1.82) is 0 Å². The van der Waals surface area contributed by atoms with Crippen molar-refractivity contribution in [2.75, 3.05) is 19.7 Å². The number of hydrogen-bond donors (Lipinski definition) is 1. The van der Waals surface area contributed by atoms with Crippen LogP contribution in [0, 0.1) is 0 Å². The van der Waals surface area contributed by atoms with Crippen LogP contribution in [0.2, 0.25) is 0 Å². The van der Waals surface area contributed by atoms with E-state index in [1.807, 2.05) is 17.2 Å². The zero-order chi connectivity index (χ0) is 18.6. The van der Waals surface area contributed by atoms with Gasteiger partial charge in [-0.05, 0) is 31.2 Å². The molecule has 1 saturated heterocycles. The Morgan fingerprint density at radius 1 is 1.33 bits per heavy atom. The highest BCUT2D eigenvalue weighted by atomic mass is 16.5. The fourth-order valence-electron chi connectivity index (χ4n) is 4.05. The van der Waals surface area contributed by atoms with Crippen molar-refractivity contribution >= 4 is 6.03 Å². The third-order valence-corrected chi connectivity index (χ3v) is 5.62. The Hall–Kier alpha value is -2.34. The van der Waals surface area contributed by atoms with Crippen molar-refractivity contribution in [3.05, 3.63) is 53.3 Å². The molecule has 1 aliphatic carbocycles. The van der Waals surface area contributed by atoms with Gasteiger partial charge in [0, 0.05) is 24.3 Å². The lowest BCUT2D eigenvalue weighted by Crippen LogP contribution is -2.50. The number of carbonyl (C=O) groups is 1. The van der Waals surface area contributed by atoms with Crippen molar-refractivity contribution in [3.8, 4) is 0 Å². The molecule has 6 heteroatoms. The second kappa shape index (κ2) is 8.13. The zero-order valence-corrected chi connectivity index (χ0v) is 15.9. The van der Waals surface area contributed by atoms with Crippen LogP contribution >= 0.6 is 0 Å². The molecule has 6 nitrogen and oxygen atoms in total. The molecule has 1 aromatic carbocycles. The van der Waals surface area contributed by atoms with Crippen molar-refractivity contribution in [1.82, 2.24) is 20.0 Å². The minimum atomic E-state index is 0.0189. The largest absolute Gasteiger partial charge is 0.375 e. The highest BCUT2D eigenvalue weighted by Gasteiger charge is 2.29. The minimum absolute atomic E-state index is 0.0189. The molecule has 1 N–H and O–H groups in total. The molecule has 0 spiro atoms. The van der Waals surface area contributed by atoms with Crippen molar-refractivity contribution in [2.45, 2.75) is 51.3 Å². The summed E-state index contributed by atoms with van der Waals surface area (Å²) in [7, 11) is 0. The summed E-state index contributed by atoms with van der Waals surface area (Å²) in [5.74, 6) is 0. The second-order valence-electron chi connectivity index (χ2n) is 7.43. The molecule has 2 atom stereocenters. The van der Waals surface area contributed by atoms with E-state index >= 15 is 0 Å². The number of hydrogen-bond acceptors (Lipinski definition) is 3. The number of benzene rings is 1. The number of amides is 2. The molecule has 0 saturated carbocycles. The Kier molecular flexibility index (Phi) is 5.43. The highest BCUT2D eigenvalue weighted by molar-refractivity contribution is 5.75. The summed E-state index contributed by atoms with van der Waals surface area (Å²) in [4.78, 5) is 14.7. The summed E-state index contributed by atoms with van der Waals surface area (Å²) in [5.41, 5.74) is 3.67. The molecule has 0 radical (unpaired) electrons. The monoisotopic (exact) mass is 368 g/mol. The molecule has 1 aliphatic heterocycles. The van der Waals surface area contributed by atoms with Gasteiger partial charge in [-0.25, -0.2) is 4.79 Å². The first-order valence-corrected chi connectivity index (χ1v) is 10.00. The number of urea groups is 1. The maximum absolute atomic E-state index is 12.8. The quantitative estimate of drug-likeness (QED) is 0.902. The van der Waals surface area contributed by atoms with Crippen molar-refractivity contribution in [2.24, 2.45) is 0 Å². The van der Waals surface area contributed by atoms with Crippen LogP contribution in [0.4, 0.5) is 4.79 Å². The van der Waals surface area contributed by atoms with E-state index in [2.05, 4.69) is 46.3 Å². The van der Waals surface area contributed by atoms with Gasteiger partial charge in [-0.2, -0.15) is 5.10 Å². The molecule has 4 rings (SSSR count). The van der Waals surface area contributed by atoms with Crippen LogP contribution in [0.25, 0.3) is 0 Å². The first-order valence-electron chi connectivity index (χ1n) is 10.00. The lowest BCUT2D eigenvalue weighted by molar-refractivity contribution is -0.0157. The van der Waals surface area contributed by atoms with Gasteiger partial charge in [0.2, 0.25) is 0 Å². The molecular weight excluding hydrogens is 340 g/mol. The van der Waals surface area contributed by atoms with E-state index in [9.17, 15) is 4.79 Å². The zero-order valence-electron chi connectivity index (χ0n) is 15.9. The lowest BCUT2D eigenvalue weighted by Gasteiger charge is -2.34. The van der Waals surface area contributed by atoms with E-state index in [4.69, 9.17) is 4.74 Å². The number of ether oxygens (including phenoxy) is 1. The van der Waals surface area contributed by atoms with Crippen LogP contribution in [0.5, 0.6) is 0 Å². The van der Waals surface area contributed by atoms with E-state index < -0.39 is 0 Å². The van der Waals surface area contributed by atoms with Crippen LogP contribution in [0.15, 0.2) is 36.5 Å². The number of fused-ring (bicyclic) bond motifs is 1. The van der Waals surface area contributed by atoms with Crippen molar-refractivity contribution in [3.63, 3.8) is 0 Å². The smallest absolute Gasteiger partial charge is 0.318 e. The molecular formula is C21H28N4O2. The van der Waals surface area contributed by atoms with E-state index in [1.165, 1.54) is 16.8 Å². The molecule has 1 aromatic heterocycles. The molecule has 2 heterocycles. The topological polar surface area (TPSA) is 59.4 Å². The normalized spacial score (nSPS) is 22.3. The maximum Gasteiger partial charge on any atom is 0.318 e. The van der Waals surface area contributed by atoms with Gasteiger partial charge in [0.1, 0.15) is 0 Å². The average Bonchev–Trinajstić information content (AvgIpc) is 3.12. The van der Waals surface area contributed by atoms with Crippen molar-refractivity contribution < 1.29 is 9.53 Å². The van der Waals surface area contributed by atoms with Crippen LogP contribution in [0.1, 0.15) is 49.0 Å². The standard InChI is InChI=1S/C21H28N4O2/c1-2-17-15-24(11-12-27-17)21(26)23-19-9-6-10-20-18(19)13-22-25(20)14-16-7-4-3-5-8-16/h3-5,7-8,13,17,19H,2,6,9-12,14-15H2,1H3,(H,23,26). The molecule has 2 unspecified atom stereocenters. The molecule has 144 valence electrons. The highest BCUT2D eigenvalue weighted by Crippen LogP contribution is 2.30. The van der Waals surface area contributed by atoms with E-state index in [-0.39, 0.29) is 18.2 Å². The van der Waals surface area contributed by atoms with Gasteiger partial charge in [-0.3, -0.25) is 4.68 Å². The van der Waals surface area contributed by atoms with Gasteiger partial charge < -0.3 is 15.0 Å². The van der Waals surface area contributed by atoms with Crippen LogP contribution in [-0.4, -0.2) is 46.5 Å². The molecule has 1 fully saturated rings. The van der Waals surface area contributed by atoms with Gasteiger partial charge in [-0.15, -0.1) is 0 Å². The summed E-state index contributed by atoms with van der Waals surface area (Å²) < 4.78 is 7.77. The SMILES string of the molecule is CCC1CN(C(=O)NC2CCCc3c2cnn3Cc2ccccc2)CCO1. The average molecular weight is 368 g/mol. The Balaban J connectivity index is 1.45. The van der Waals surface area contributed by atoms with Crippen LogP contribution < -0.4 is 5.32 Å². The molecule has 2 aliphatic rings. The van der Waals surface area contributed by atoms with E-state index in [1.54, 1.807) is 0 Å². The fourth-order valence-corrected chi connectivity index (χ4v) is 4.05. The van der Waals surface area contributed by atoms with Gasteiger partial charge >= 0.3 is 6.03 Å². The third kappa shape index (κ3) is 4.00. The summed E-state index contributed by atoms with van der Waals surface area (Å²) in [6.45, 7) is 4.83. The van der Waals surface area contributed by atoms with Crippen LogP contribution in [0.3, 0.4) is 0 Å². The van der Waals surface area contributed by atoms with Gasteiger partial charge in [0.05, 0.1) is 31.5 Å². The molecule has 0 bridgehead atoms. The van der Waals surface area contributed by atoms with E-state index in [0.29, 0.717) is 19.7 Å². The first kappa shape index (κ1) is 18.0. The van der Waals surface area contributed by atoms with Crippen LogP contribution in [-0.2, 0) is 17.7 Å². The summed E-state index contributed by atoms with van der Waals surface area (Å²) >= 11 is 0.